The van der Waals surface area contributed by atoms with Crippen molar-refractivity contribution >= 4 is 29.2 Å². The highest BCUT2D eigenvalue weighted by Crippen LogP contribution is 2.29. The van der Waals surface area contributed by atoms with Gasteiger partial charge in [-0.3, -0.25) is 5.73 Å². The minimum Gasteiger partial charge on any atom is -0.479 e. The molecule has 0 saturated carbocycles. The van der Waals surface area contributed by atoms with E-state index in [1.54, 1.807) is 12.1 Å². The van der Waals surface area contributed by atoms with E-state index in [1.807, 2.05) is 0 Å². The Morgan fingerprint density at radius 2 is 2.00 bits per heavy atom. The molecule has 0 heterocycles. The van der Waals surface area contributed by atoms with Gasteiger partial charge < -0.3 is 5.11 Å². The van der Waals surface area contributed by atoms with Crippen LogP contribution < -0.4 is 5.73 Å². The second-order valence-corrected chi connectivity index (χ2v) is 3.50. The second-order valence-electron chi connectivity index (χ2n) is 2.50. The first-order valence-corrected chi connectivity index (χ1v) is 4.18. The van der Waals surface area contributed by atoms with Gasteiger partial charge >= 0.3 is 5.97 Å². The lowest BCUT2D eigenvalue weighted by molar-refractivity contribution is -0.140. The molecule has 0 fully saturated rings. The number of carboxylic acids is 1. The van der Waals surface area contributed by atoms with Crippen LogP contribution in [0.2, 0.25) is 5.02 Å². The van der Waals surface area contributed by atoms with Crippen molar-refractivity contribution in [3.63, 3.8) is 0 Å². The maximum absolute atomic E-state index is 10.7. The molecular weight excluding hydrogens is 213 g/mol. The van der Waals surface area contributed by atoms with Gasteiger partial charge in [0.25, 0.3) is 0 Å². The summed E-state index contributed by atoms with van der Waals surface area (Å²) >= 11 is 11.3. The summed E-state index contributed by atoms with van der Waals surface area (Å²) < 4.78 is 0. The SMILES string of the molecule is N[C@](Cl)(C(=O)O)c1ccccc1Cl. The van der Waals surface area contributed by atoms with E-state index in [2.05, 4.69) is 0 Å². The molecule has 0 aliphatic carbocycles. The van der Waals surface area contributed by atoms with Crippen LogP contribution in [0.5, 0.6) is 0 Å². The maximum atomic E-state index is 10.7. The monoisotopic (exact) mass is 219 g/mol. The number of carbonyl (C=O) groups is 1. The third kappa shape index (κ3) is 1.94. The topological polar surface area (TPSA) is 63.3 Å². The Morgan fingerprint density at radius 1 is 1.46 bits per heavy atom. The highest BCUT2D eigenvalue weighted by molar-refractivity contribution is 6.37. The fourth-order valence-electron chi connectivity index (χ4n) is 0.871. The number of hydrogen-bond donors (Lipinski definition) is 2. The fourth-order valence-corrected chi connectivity index (χ4v) is 1.37. The molecular formula is C8H7Cl2NO2. The van der Waals surface area contributed by atoms with Crippen LogP contribution in [0.15, 0.2) is 24.3 Å². The molecule has 0 radical (unpaired) electrons. The summed E-state index contributed by atoms with van der Waals surface area (Å²) in [6, 6.07) is 6.29. The van der Waals surface area contributed by atoms with Gasteiger partial charge in [0.2, 0.25) is 5.00 Å². The minimum absolute atomic E-state index is 0.186. The summed E-state index contributed by atoms with van der Waals surface area (Å²) in [6.07, 6.45) is 0. The Kier molecular flexibility index (Phi) is 2.81. The first-order chi connectivity index (χ1) is 5.96. The summed E-state index contributed by atoms with van der Waals surface area (Å²) in [7, 11) is 0. The lowest BCUT2D eigenvalue weighted by Gasteiger charge is -2.17. The molecule has 0 unspecified atom stereocenters. The van der Waals surface area contributed by atoms with Gasteiger partial charge in [-0.2, -0.15) is 0 Å². The number of hydrogen-bond acceptors (Lipinski definition) is 2. The molecule has 70 valence electrons. The molecule has 1 aromatic rings. The van der Waals surface area contributed by atoms with Gasteiger partial charge in [0, 0.05) is 10.6 Å². The lowest BCUT2D eigenvalue weighted by Crippen LogP contribution is -2.39. The zero-order valence-corrected chi connectivity index (χ0v) is 8.01. The summed E-state index contributed by atoms with van der Waals surface area (Å²) in [5, 5.41) is 8.94. The van der Waals surface area contributed by atoms with Crippen molar-refractivity contribution < 1.29 is 9.90 Å². The van der Waals surface area contributed by atoms with Crippen molar-refractivity contribution in [2.24, 2.45) is 5.73 Å². The fraction of sp³-hybridized carbons (Fsp3) is 0.125. The smallest absolute Gasteiger partial charge is 0.344 e. The maximum Gasteiger partial charge on any atom is 0.344 e. The molecule has 3 nitrogen and oxygen atoms in total. The largest absolute Gasteiger partial charge is 0.479 e. The van der Waals surface area contributed by atoms with Crippen molar-refractivity contribution in [2.45, 2.75) is 5.00 Å². The van der Waals surface area contributed by atoms with E-state index in [1.165, 1.54) is 12.1 Å². The number of nitrogens with two attached hydrogens (primary N) is 1. The number of benzene rings is 1. The molecule has 0 aromatic heterocycles. The Balaban J connectivity index is 3.22. The molecule has 0 spiro atoms. The van der Waals surface area contributed by atoms with Crippen molar-refractivity contribution in [1.29, 1.82) is 0 Å². The van der Waals surface area contributed by atoms with Gasteiger partial charge in [-0.15, -0.1) is 0 Å². The zero-order chi connectivity index (χ0) is 10.1. The number of aliphatic carboxylic acids is 1. The van der Waals surface area contributed by atoms with Crippen LogP contribution in [0.4, 0.5) is 0 Å². The van der Waals surface area contributed by atoms with E-state index in [-0.39, 0.29) is 10.6 Å². The average molecular weight is 220 g/mol. The molecule has 0 amide bonds. The second kappa shape index (κ2) is 3.54. The number of alkyl halides is 1. The quantitative estimate of drug-likeness (QED) is 0.589. The van der Waals surface area contributed by atoms with Crippen LogP contribution in [0.1, 0.15) is 5.56 Å². The minimum atomic E-state index is -1.96. The molecule has 5 heteroatoms. The van der Waals surface area contributed by atoms with E-state index in [0.29, 0.717) is 0 Å². The predicted octanol–water partition coefficient (Wildman–Crippen LogP) is 1.77. The molecule has 1 atom stereocenters. The van der Waals surface area contributed by atoms with Crippen molar-refractivity contribution in [3.8, 4) is 0 Å². The molecule has 13 heavy (non-hydrogen) atoms. The van der Waals surface area contributed by atoms with Crippen LogP contribution in [0.3, 0.4) is 0 Å². The van der Waals surface area contributed by atoms with Crippen LogP contribution >= 0.6 is 23.2 Å². The van der Waals surface area contributed by atoms with Crippen molar-refractivity contribution in [2.75, 3.05) is 0 Å². The molecule has 0 aliphatic heterocycles. The lowest BCUT2D eigenvalue weighted by atomic mass is 10.1. The van der Waals surface area contributed by atoms with Crippen molar-refractivity contribution in [3.05, 3.63) is 34.9 Å². The van der Waals surface area contributed by atoms with Gasteiger partial charge in [-0.25, -0.2) is 4.79 Å². The normalized spacial score (nSPS) is 15.0. The molecule has 3 N–H and O–H groups in total. The number of halogens is 2. The third-order valence-corrected chi connectivity index (χ3v) is 2.27. The Bertz CT molecular complexity index is 339. The Hall–Kier alpha value is -0.770. The highest BCUT2D eigenvalue weighted by atomic mass is 35.5. The molecule has 1 rings (SSSR count). The number of carboxylic acid groups (broad SMARTS) is 1. The third-order valence-electron chi connectivity index (χ3n) is 1.58. The molecule has 0 bridgehead atoms. The van der Waals surface area contributed by atoms with Gasteiger partial charge in [-0.1, -0.05) is 41.4 Å². The van der Waals surface area contributed by atoms with E-state index in [0.717, 1.165) is 0 Å². The van der Waals surface area contributed by atoms with E-state index >= 15 is 0 Å². The standard InChI is InChI=1S/C8H7Cl2NO2/c9-6-4-2-1-3-5(6)8(10,11)7(12)13/h1-4H,11H2,(H,12,13)/t8-/m0/s1. The van der Waals surface area contributed by atoms with Crippen LogP contribution in [0.25, 0.3) is 0 Å². The van der Waals surface area contributed by atoms with Gasteiger partial charge in [-0.05, 0) is 6.07 Å². The molecule has 1 aromatic carbocycles. The van der Waals surface area contributed by atoms with Gasteiger partial charge in [0.05, 0.1) is 0 Å². The first-order valence-electron chi connectivity index (χ1n) is 3.42. The summed E-state index contributed by atoms with van der Waals surface area (Å²) in [6.45, 7) is 0. The van der Waals surface area contributed by atoms with E-state index < -0.39 is 11.0 Å². The van der Waals surface area contributed by atoms with E-state index in [4.69, 9.17) is 34.0 Å². The average Bonchev–Trinajstić information content (AvgIpc) is 2.04. The van der Waals surface area contributed by atoms with Crippen LogP contribution in [0, 0.1) is 0 Å². The summed E-state index contributed by atoms with van der Waals surface area (Å²) in [5.74, 6) is -1.33. The molecule has 0 aliphatic rings. The van der Waals surface area contributed by atoms with Crippen LogP contribution in [-0.4, -0.2) is 11.1 Å². The zero-order valence-electron chi connectivity index (χ0n) is 6.50. The van der Waals surface area contributed by atoms with E-state index in [9.17, 15) is 4.79 Å². The highest BCUT2D eigenvalue weighted by Gasteiger charge is 2.35. The summed E-state index contributed by atoms with van der Waals surface area (Å²) in [4.78, 5) is 8.70. The Morgan fingerprint density at radius 3 is 2.46 bits per heavy atom. The first kappa shape index (κ1) is 10.3. The predicted molar refractivity (Wildman–Crippen MR) is 50.8 cm³/mol. The van der Waals surface area contributed by atoms with Crippen LogP contribution in [-0.2, 0) is 9.79 Å². The summed E-state index contributed by atoms with van der Waals surface area (Å²) in [5.41, 5.74) is 5.55. The molecule has 0 saturated heterocycles. The number of rotatable bonds is 2. The van der Waals surface area contributed by atoms with Gasteiger partial charge in [0.1, 0.15) is 0 Å². The van der Waals surface area contributed by atoms with Crippen molar-refractivity contribution in [1.82, 2.24) is 0 Å². The van der Waals surface area contributed by atoms with Gasteiger partial charge in [0.15, 0.2) is 0 Å². The Labute approximate surface area is 85.1 Å².